The molecule has 0 aliphatic heterocycles. The van der Waals surface area contributed by atoms with Gasteiger partial charge in [0.1, 0.15) is 12.6 Å². The molecule has 0 heterocycles. The third-order valence-corrected chi connectivity index (χ3v) is 6.98. The van der Waals surface area contributed by atoms with Crippen molar-refractivity contribution in [2.75, 3.05) is 23.7 Å². The Hall–Kier alpha value is -2.14. The summed E-state index contributed by atoms with van der Waals surface area (Å²) < 4.78 is 27.1. The van der Waals surface area contributed by atoms with E-state index in [0.717, 1.165) is 25.3 Å². The van der Waals surface area contributed by atoms with Gasteiger partial charge in [0.2, 0.25) is 21.8 Å². The molecule has 7 nitrogen and oxygen atoms in total. The quantitative estimate of drug-likeness (QED) is 0.433. The van der Waals surface area contributed by atoms with Gasteiger partial charge in [-0.25, -0.2) is 8.42 Å². The molecule has 0 spiro atoms. The van der Waals surface area contributed by atoms with Gasteiger partial charge in [-0.1, -0.05) is 43.7 Å². The molecule has 0 saturated carbocycles. The summed E-state index contributed by atoms with van der Waals surface area (Å²) in [6.45, 7) is 7.91. The lowest BCUT2D eigenvalue weighted by molar-refractivity contribution is -0.139. The summed E-state index contributed by atoms with van der Waals surface area (Å²) in [5, 5.41) is 2.87. The zero-order chi connectivity index (χ0) is 24.8. The van der Waals surface area contributed by atoms with E-state index in [1.807, 2.05) is 45.0 Å². The highest BCUT2D eigenvalue weighted by atomic mass is 127. The number of hydrogen-bond donors (Lipinski definition) is 1. The molecule has 0 fully saturated rings. The van der Waals surface area contributed by atoms with E-state index in [9.17, 15) is 18.0 Å². The average Bonchev–Trinajstić information content (AvgIpc) is 2.74. The number of amides is 2. The maximum absolute atomic E-state index is 13.4. The molecule has 2 aromatic carbocycles. The van der Waals surface area contributed by atoms with Crippen molar-refractivity contribution < 1.29 is 18.0 Å². The fourth-order valence-electron chi connectivity index (χ4n) is 3.15. The summed E-state index contributed by atoms with van der Waals surface area (Å²) in [5.41, 5.74) is 2.34. The minimum atomic E-state index is -3.72. The molecule has 0 unspecified atom stereocenters. The summed E-state index contributed by atoms with van der Waals surface area (Å²) >= 11 is 2.13. The maximum atomic E-state index is 13.4. The predicted octanol–water partition coefficient (Wildman–Crippen LogP) is 3.56. The van der Waals surface area contributed by atoms with Gasteiger partial charge in [0.25, 0.3) is 0 Å². The number of nitrogens with one attached hydrogen (secondary N) is 1. The number of benzene rings is 2. The van der Waals surface area contributed by atoms with Gasteiger partial charge in [-0.05, 0) is 72.2 Å². The highest BCUT2D eigenvalue weighted by molar-refractivity contribution is 14.1. The molecule has 0 aromatic heterocycles. The molecule has 33 heavy (non-hydrogen) atoms. The lowest BCUT2D eigenvalue weighted by atomic mass is 10.1. The van der Waals surface area contributed by atoms with Crippen LogP contribution in [0.2, 0.25) is 0 Å². The molecule has 0 aliphatic rings. The van der Waals surface area contributed by atoms with Gasteiger partial charge in [-0.2, -0.15) is 0 Å². The lowest BCUT2D eigenvalue weighted by Crippen LogP contribution is -2.51. The Morgan fingerprint density at radius 3 is 2.09 bits per heavy atom. The first-order chi connectivity index (χ1) is 15.4. The molecule has 0 saturated heterocycles. The zero-order valence-corrected chi connectivity index (χ0v) is 22.7. The number of anilines is 1. The molecule has 0 bridgehead atoms. The van der Waals surface area contributed by atoms with Crippen LogP contribution in [0, 0.1) is 16.4 Å². The fourth-order valence-corrected chi connectivity index (χ4v) is 4.36. The first kappa shape index (κ1) is 27.1. The van der Waals surface area contributed by atoms with E-state index in [1.54, 1.807) is 31.2 Å². The van der Waals surface area contributed by atoms with Crippen molar-refractivity contribution in [3.63, 3.8) is 0 Å². The number of hydrogen-bond acceptors (Lipinski definition) is 4. The van der Waals surface area contributed by atoms with Crippen LogP contribution in [0.25, 0.3) is 0 Å². The van der Waals surface area contributed by atoms with Crippen molar-refractivity contribution in [2.24, 2.45) is 5.92 Å². The molecule has 180 valence electrons. The molecule has 1 N–H and O–H groups in total. The Morgan fingerprint density at radius 1 is 1.00 bits per heavy atom. The highest BCUT2D eigenvalue weighted by Gasteiger charge is 2.30. The van der Waals surface area contributed by atoms with Gasteiger partial charge in [0, 0.05) is 16.7 Å². The molecule has 2 amide bonds. The van der Waals surface area contributed by atoms with Gasteiger partial charge in [0.05, 0.1) is 11.9 Å². The maximum Gasteiger partial charge on any atom is 0.244 e. The summed E-state index contributed by atoms with van der Waals surface area (Å²) in [6, 6.07) is 13.8. The summed E-state index contributed by atoms with van der Waals surface area (Å²) in [5.74, 6) is -0.458. The van der Waals surface area contributed by atoms with E-state index >= 15 is 0 Å². The molecule has 2 rings (SSSR count). The smallest absolute Gasteiger partial charge is 0.244 e. The second-order valence-electron chi connectivity index (χ2n) is 8.57. The van der Waals surface area contributed by atoms with Crippen LogP contribution in [0.15, 0.2) is 48.5 Å². The van der Waals surface area contributed by atoms with Gasteiger partial charge in [-0.3, -0.25) is 13.9 Å². The first-order valence-corrected chi connectivity index (χ1v) is 13.7. The van der Waals surface area contributed by atoms with Crippen LogP contribution in [-0.2, 0) is 26.2 Å². The zero-order valence-electron chi connectivity index (χ0n) is 19.7. The van der Waals surface area contributed by atoms with Gasteiger partial charge < -0.3 is 10.2 Å². The predicted molar refractivity (Wildman–Crippen MR) is 140 cm³/mol. The van der Waals surface area contributed by atoms with E-state index in [1.165, 1.54) is 4.90 Å². The monoisotopic (exact) mass is 585 g/mol. The number of carbonyl (C=O) groups is 2. The third kappa shape index (κ3) is 8.29. The van der Waals surface area contributed by atoms with Crippen molar-refractivity contribution in [2.45, 2.75) is 40.3 Å². The largest absolute Gasteiger partial charge is 0.354 e. The van der Waals surface area contributed by atoms with Crippen LogP contribution in [0.3, 0.4) is 0 Å². The number of aryl methyl sites for hydroxylation is 1. The molecular formula is C24H32IN3O4S. The van der Waals surface area contributed by atoms with E-state index < -0.39 is 28.5 Å². The molecular weight excluding hydrogens is 553 g/mol. The van der Waals surface area contributed by atoms with Crippen molar-refractivity contribution in [1.82, 2.24) is 10.2 Å². The molecule has 0 aliphatic carbocycles. The minimum Gasteiger partial charge on any atom is -0.354 e. The minimum absolute atomic E-state index is 0.194. The molecule has 0 radical (unpaired) electrons. The van der Waals surface area contributed by atoms with Crippen LogP contribution in [0.5, 0.6) is 0 Å². The average molecular weight is 586 g/mol. The number of carbonyl (C=O) groups excluding carboxylic acids is 2. The normalized spacial score (nSPS) is 12.3. The Kier molecular flexibility index (Phi) is 9.71. The van der Waals surface area contributed by atoms with Gasteiger partial charge in [0.15, 0.2) is 0 Å². The Bertz CT molecular complexity index is 1050. The SMILES string of the molecule is Cc1ccc(CN(C(=O)CN(c2ccc(I)cc2)S(C)(=O)=O)[C@@H](C)C(=O)NCC(C)C)cc1. The van der Waals surface area contributed by atoms with E-state index in [0.29, 0.717) is 12.2 Å². The van der Waals surface area contributed by atoms with Crippen LogP contribution in [-0.4, -0.2) is 50.5 Å². The van der Waals surface area contributed by atoms with Crippen molar-refractivity contribution in [3.8, 4) is 0 Å². The van der Waals surface area contributed by atoms with Crippen molar-refractivity contribution in [3.05, 3.63) is 63.2 Å². The highest BCUT2D eigenvalue weighted by Crippen LogP contribution is 2.20. The number of sulfonamides is 1. The van der Waals surface area contributed by atoms with Crippen LogP contribution < -0.4 is 9.62 Å². The second-order valence-corrected chi connectivity index (χ2v) is 11.7. The third-order valence-electron chi connectivity index (χ3n) is 5.12. The van der Waals surface area contributed by atoms with E-state index in [-0.39, 0.29) is 18.4 Å². The van der Waals surface area contributed by atoms with Crippen molar-refractivity contribution in [1.29, 1.82) is 0 Å². The molecule has 1 atom stereocenters. The van der Waals surface area contributed by atoms with E-state index in [4.69, 9.17) is 0 Å². The number of rotatable bonds is 10. The Morgan fingerprint density at radius 2 is 1.58 bits per heavy atom. The molecule has 9 heteroatoms. The van der Waals surface area contributed by atoms with Crippen LogP contribution in [0.4, 0.5) is 5.69 Å². The standard InChI is InChI=1S/C24H32IN3O4S/c1-17(2)14-26-24(30)19(4)27(15-20-8-6-18(3)7-9-20)23(29)16-28(33(5,31)32)22-12-10-21(25)11-13-22/h6-13,17,19H,14-16H2,1-5H3,(H,26,30)/t19-/m0/s1. The van der Waals surface area contributed by atoms with Crippen molar-refractivity contribution >= 4 is 50.1 Å². The molecule has 2 aromatic rings. The summed E-state index contributed by atoms with van der Waals surface area (Å²) in [4.78, 5) is 27.7. The fraction of sp³-hybridized carbons (Fsp3) is 0.417. The van der Waals surface area contributed by atoms with Crippen LogP contribution >= 0.6 is 22.6 Å². The topological polar surface area (TPSA) is 86.8 Å². The second kappa shape index (κ2) is 11.8. The summed E-state index contributed by atoms with van der Waals surface area (Å²) in [7, 11) is -3.72. The Labute approximate surface area is 210 Å². The number of halogens is 1. The first-order valence-electron chi connectivity index (χ1n) is 10.7. The number of nitrogens with zero attached hydrogens (tertiary/aromatic N) is 2. The lowest BCUT2D eigenvalue weighted by Gasteiger charge is -2.31. The Balaban J connectivity index is 2.34. The van der Waals surface area contributed by atoms with E-state index in [2.05, 4.69) is 27.9 Å². The van der Waals surface area contributed by atoms with Crippen LogP contribution in [0.1, 0.15) is 31.9 Å². The summed E-state index contributed by atoms with van der Waals surface area (Å²) in [6.07, 6.45) is 1.07. The van der Waals surface area contributed by atoms with Gasteiger partial charge >= 0.3 is 0 Å². The van der Waals surface area contributed by atoms with Gasteiger partial charge in [-0.15, -0.1) is 0 Å².